The number of carbonyl (C=O) groups is 1. The van der Waals surface area contributed by atoms with Gasteiger partial charge in [0.05, 0.1) is 5.52 Å². The molecule has 4 aromatic rings. The molecule has 2 aromatic carbocycles. The number of fused-ring (bicyclic) bond motifs is 1. The number of nitrogens with zero attached hydrogens (tertiary/aromatic N) is 3. The molecule has 0 saturated carbocycles. The fraction of sp³-hybridized carbons (Fsp3) is 0.200. The van der Waals surface area contributed by atoms with Gasteiger partial charge in [-0.25, -0.2) is 0 Å². The molecule has 1 aliphatic heterocycles. The van der Waals surface area contributed by atoms with Crippen molar-refractivity contribution in [3.05, 3.63) is 90.9 Å². The Morgan fingerprint density at radius 3 is 2.40 bits per heavy atom. The van der Waals surface area contributed by atoms with Crippen molar-refractivity contribution in [2.24, 2.45) is 0 Å². The second kappa shape index (κ2) is 8.03. The Balaban J connectivity index is 1.21. The van der Waals surface area contributed by atoms with Gasteiger partial charge in [0.2, 0.25) is 0 Å². The molecule has 1 aliphatic rings. The minimum atomic E-state index is 0.00173. The van der Waals surface area contributed by atoms with Gasteiger partial charge in [-0.3, -0.25) is 9.78 Å². The topological polar surface area (TPSA) is 50.2 Å². The molecule has 0 aliphatic carbocycles. The number of pyridine rings is 1. The van der Waals surface area contributed by atoms with Crippen LogP contribution in [0.5, 0.6) is 0 Å². The lowest BCUT2D eigenvalue weighted by molar-refractivity contribution is 0.0931. The number of amides is 1. The van der Waals surface area contributed by atoms with Gasteiger partial charge in [0.25, 0.3) is 5.91 Å². The van der Waals surface area contributed by atoms with Crippen LogP contribution in [0.4, 0.5) is 5.69 Å². The minimum Gasteiger partial charge on any atom is -0.371 e. The number of piperidine rings is 1. The van der Waals surface area contributed by atoms with Crippen LogP contribution in [0.3, 0.4) is 0 Å². The second-order valence-electron chi connectivity index (χ2n) is 7.72. The summed E-state index contributed by atoms with van der Waals surface area (Å²) in [5.41, 5.74) is 4.00. The number of rotatable bonds is 4. The van der Waals surface area contributed by atoms with Gasteiger partial charge in [-0.2, -0.15) is 0 Å². The molecule has 5 nitrogen and oxygen atoms in total. The van der Waals surface area contributed by atoms with Gasteiger partial charge in [0.15, 0.2) is 0 Å². The smallest absolute Gasteiger partial charge is 0.251 e. The standard InChI is InChI=1S/C25H24N4O/c30-25(19-7-9-21(10-8-19)28-15-3-4-16-28)27-20-12-17-29(18-13-20)24-11-14-26-23-6-2-1-5-22(23)24/h1-11,14-16,20H,12-13,17-18H2,(H,27,30). The molecule has 30 heavy (non-hydrogen) atoms. The van der Waals surface area contributed by atoms with Crippen LogP contribution in [0.2, 0.25) is 0 Å². The Morgan fingerprint density at radius 1 is 0.900 bits per heavy atom. The lowest BCUT2D eigenvalue weighted by Gasteiger charge is -2.34. The van der Waals surface area contributed by atoms with Crippen LogP contribution < -0.4 is 10.2 Å². The van der Waals surface area contributed by atoms with Gasteiger partial charge >= 0.3 is 0 Å². The molecule has 1 amide bonds. The first-order valence-corrected chi connectivity index (χ1v) is 10.4. The van der Waals surface area contributed by atoms with E-state index in [-0.39, 0.29) is 11.9 Å². The van der Waals surface area contributed by atoms with E-state index in [1.54, 1.807) is 0 Å². The summed E-state index contributed by atoms with van der Waals surface area (Å²) < 4.78 is 2.03. The summed E-state index contributed by atoms with van der Waals surface area (Å²) in [5.74, 6) is 0.00173. The highest BCUT2D eigenvalue weighted by molar-refractivity contribution is 5.94. The first kappa shape index (κ1) is 18.4. The summed E-state index contributed by atoms with van der Waals surface area (Å²) in [7, 11) is 0. The third-order valence-corrected chi connectivity index (χ3v) is 5.83. The van der Waals surface area contributed by atoms with Crippen molar-refractivity contribution < 1.29 is 4.79 Å². The molecule has 0 unspecified atom stereocenters. The van der Waals surface area contributed by atoms with Crippen LogP contribution in [0, 0.1) is 0 Å². The predicted molar refractivity (Wildman–Crippen MR) is 120 cm³/mol. The first-order chi connectivity index (χ1) is 14.8. The van der Waals surface area contributed by atoms with Crippen LogP contribution in [-0.4, -0.2) is 34.6 Å². The molecule has 0 bridgehead atoms. The predicted octanol–water partition coefficient (Wildman–Crippen LogP) is 4.42. The number of carbonyl (C=O) groups excluding carboxylic acids is 1. The molecule has 5 heteroatoms. The summed E-state index contributed by atoms with van der Waals surface area (Å²) in [6.45, 7) is 1.84. The summed E-state index contributed by atoms with van der Waals surface area (Å²) in [4.78, 5) is 19.6. The van der Waals surface area contributed by atoms with E-state index in [1.807, 2.05) is 71.7 Å². The number of anilines is 1. The molecule has 1 saturated heterocycles. The maximum Gasteiger partial charge on any atom is 0.251 e. The lowest BCUT2D eigenvalue weighted by atomic mass is 10.0. The average Bonchev–Trinajstić information content (AvgIpc) is 3.34. The van der Waals surface area contributed by atoms with Crippen molar-refractivity contribution in [1.82, 2.24) is 14.9 Å². The molecule has 1 N–H and O–H groups in total. The Labute approximate surface area is 176 Å². The van der Waals surface area contributed by atoms with Gasteiger partial charge in [-0.1, -0.05) is 18.2 Å². The van der Waals surface area contributed by atoms with Crippen molar-refractivity contribution in [1.29, 1.82) is 0 Å². The van der Waals surface area contributed by atoms with E-state index < -0.39 is 0 Å². The summed E-state index contributed by atoms with van der Waals surface area (Å²) >= 11 is 0. The number of aromatic nitrogens is 2. The van der Waals surface area contributed by atoms with E-state index in [0.717, 1.165) is 37.1 Å². The molecule has 1 fully saturated rings. The average molecular weight is 396 g/mol. The molecule has 0 radical (unpaired) electrons. The van der Waals surface area contributed by atoms with E-state index in [9.17, 15) is 4.79 Å². The van der Waals surface area contributed by atoms with Crippen molar-refractivity contribution in [2.75, 3.05) is 18.0 Å². The van der Waals surface area contributed by atoms with E-state index in [1.165, 1.54) is 11.1 Å². The van der Waals surface area contributed by atoms with Gasteiger partial charge in [-0.15, -0.1) is 0 Å². The highest BCUT2D eigenvalue weighted by Gasteiger charge is 2.22. The van der Waals surface area contributed by atoms with Crippen molar-refractivity contribution >= 4 is 22.5 Å². The van der Waals surface area contributed by atoms with Gasteiger partial charge in [0.1, 0.15) is 0 Å². The molecule has 2 aromatic heterocycles. The van der Waals surface area contributed by atoms with Gasteiger partial charge in [0, 0.05) is 60.0 Å². The maximum atomic E-state index is 12.7. The van der Waals surface area contributed by atoms with Gasteiger partial charge < -0.3 is 14.8 Å². The summed E-state index contributed by atoms with van der Waals surface area (Å²) in [6, 6.07) is 22.3. The van der Waals surface area contributed by atoms with E-state index >= 15 is 0 Å². The third kappa shape index (κ3) is 3.66. The Bertz CT molecular complexity index is 1140. The molecule has 0 atom stereocenters. The zero-order chi connectivity index (χ0) is 20.3. The van der Waals surface area contributed by atoms with Crippen molar-refractivity contribution in [2.45, 2.75) is 18.9 Å². The van der Waals surface area contributed by atoms with Crippen LogP contribution >= 0.6 is 0 Å². The van der Waals surface area contributed by atoms with Crippen LogP contribution in [0.25, 0.3) is 16.6 Å². The van der Waals surface area contributed by atoms with E-state index in [4.69, 9.17) is 0 Å². The molecule has 150 valence electrons. The van der Waals surface area contributed by atoms with Crippen LogP contribution in [0.15, 0.2) is 85.3 Å². The zero-order valence-electron chi connectivity index (χ0n) is 16.7. The van der Waals surface area contributed by atoms with E-state index in [0.29, 0.717) is 5.56 Å². The van der Waals surface area contributed by atoms with Crippen molar-refractivity contribution in [3.63, 3.8) is 0 Å². The van der Waals surface area contributed by atoms with Gasteiger partial charge in [-0.05, 0) is 61.4 Å². The number of hydrogen-bond donors (Lipinski definition) is 1. The Hall–Kier alpha value is -3.60. The SMILES string of the molecule is O=C(NC1CCN(c2ccnc3ccccc23)CC1)c1ccc(-n2cccc2)cc1. The van der Waals surface area contributed by atoms with E-state index in [2.05, 4.69) is 33.4 Å². The second-order valence-corrected chi connectivity index (χ2v) is 7.72. The highest BCUT2D eigenvalue weighted by Crippen LogP contribution is 2.27. The number of nitrogens with one attached hydrogen (secondary N) is 1. The zero-order valence-corrected chi connectivity index (χ0v) is 16.7. The molecule has 0 spiro atoms. The first-order valence-electron chi connectivity index (χ1n) is 10.4. The molecular weight excluding hydrogens is 372 g/mol. The Kier molecular flexibility index (Phi) is 4.93. The number of benzene rings is 2. The molecule has 5 rings (SSSR count). The molecule has 3 heterocycles. The normalized spacial score (nSPS) is 14.7. The maximum absolute atomic E-state index is 12.7. The monoisotopic (exact) mass is 396 g/mol. The molecular formula is C25H24N4O. The number of hydrogen-bond acceptors (Lipinski definition) is 3. The summed E-state index contributed by atoms with van der Waals surface area (Å²) in [5, 5.41) is 4.40. The highest BCUT2D eigenvalue weighted by atomic mass is 16.1. The number of para-hydroxylation sites is 1. The fourth-order valence-electron chi connectivity index (χ4n) is 4.18. The third-order valence-electron chi connectivity index (χ3n) is 5.83. The fourth-order valence-corrected chi connectivity index (χ4v) is 4.18. The van der Waals surface area contributed by atoms with Crippen molar-refractivity contribution in [3.8, 4) is 5.69 Å². The summed E-state index contributed by atoms with van der Waals surface area (Å²) in [6.07, 6.45) is 7.74. The Morgan fingerprint density at radius 2 is 1.63 bits per heavy atom. The largest absolute Gasteiger partial charge is 0.371 e. The lowest BCUT2D eigenvalue weighted by Crippen LogP contribution is -2.44. The van der Waals surface area contributed by atoms with Crippen LogP contribution in [0.1, 0.15) is 23.2 Å². The van der Waals surface area contributed by atoms with Crippen LogP contribution in [-0.2, 0) is 0 Å². The minimum absolute atomic E-state index is 0.00173. The quantitative estimate of drug-likeness (QED) is 0.555.